The largest absolute Gasteiger partial charge is 0.385 e. The van der Waals surface area contributed by atoms with Crippen molar-refractivity contribution >= 4 is 9.84 Å². The van der Waals surface area contributed by atoms with Gasteiger partial charge in [0.05, 0.1) is 11.0 Å². The van der Waals surface area contributed by atoms with E-state index in [2.05, 4.69) is 12.2 Å². The smallest absolute Gasteiger partial charge is 0.154 e. The average molecular weight is 277 g/mol. The summed E-state index contributed by atoms with van der Waals surface area (Å²) < 4.78 is 29.4. The molecule has 18 heavy (non-hydrogen) atoms. The third kappa shape index (κ3) is 4.86. The zero-order valence-electron chi connectivity index (χ0n) is 11.7. The maximum atomic E-state index is 12.1. The monoisotopic (exact) mass is 277 g/mol. The van der Waals surface area contributed by atoms with Crippen molar-refractivity contribution < 1.29 is 13.2 Å². The van der Waals surface area contributed by atoms with Crippen molar-refractivity contribution in [2.75, 3.05) is 26.0 Å². The highest BCUT2D eigenvalue weighted by molar-refractivity contribution is 7.92. The molecular formula is C13H27NO3S. The molecule has 0 aliphatic carbocycles. The molecule has 1 rings (SSSR count). The van der Waals surface area contributed by atoms with Crippen molar-refractivity contribution in [2.24, 2.45) is 0 Å². The van der Waals surface area contributed by atoms with Crippen LogP contribution in [0.3, 0.4) is 0 Å². The summed E-state index contributed by atoms with van der Waals surface area (Å²) in [6.07, 6.45) is 5.53. The highest BCUT2D eigenvalue weighted by atomic mass is 32.2. The molecule has 108 valence electrons. The van der Waals surface area contributed by atoms with Gasteiger partial charge in [-0.25, -0.2) is 8.42 Å². The first-order valence-electron chi connectivity index (χ1n) is 7.05. The molecule has 2 unspecified atom stereocenters. The Hall–Kier alpha value is -0.130. The number of nitrogens with one attached hydrogen (secondary N) is 1. The first-order valence-corrected chi connectivity index (χ1v) is 8.77. The first-order chi connectivity index (χ1) is 8.61. The Balaban J connectivity index is 2.61. The van der Waals surface area contributed by atoms with Crippen LogP contribution in [0, 0.1) is 0 Å². The van der Waals surface area contributed by atoms with Gasteiger partial charge in [-0.1, -0.05) is 13.3 Å². The maximum Gasteiger partial charge on any atom is 0.154 e. The van der Waals surface area contributed by atoms with E-state index in [1.807, 2.05) is 0 Å². The van der Waals surface area contributed by atoms with Crippen molar-refractivity contribution in [3.8, 4) is 0 Å². The standard InChI is InChI=1S/C13H27NO3S/c1-3-9-14-12(7-6-10-17-2)13-8-4-5-11-18(13,15)16/h12-14H,3-11H2,1-2H3. The fourth-order valence-corrected chi connectivity index (χ4v) is 4.80. The van der Waals surface area contributed by atoms with Gasteiger partial charge in [-0.3, -0.25) is 0 Å². The van der Waals surface area contributed by atoms with Gasteiger partial charge in [-0.2, -0.15) is 0 Å². The Morgan fingerprint density at radius 1 is 1.39 bits per heavy atom. The van der Waals surface area contributed by atoms with Crippen LogP contribution in [-0.4, -0.2) is 45.7 Å². The molecule has 0 saturated carbocycles. The second-order valence-corrected chi connectivity index (χ2v) is 7.44. The van der Waals surface area contributed by atoms with E-state index < -0.39 is 9.84 Å². The number of sulfone groups is 1. The van der Waals surface area contributed by atoms with E-state index >= 15 is 0 Å². The molecule has 0 radical (unpaired) electrons. The summed E-state index contributed by atoms with van der Waals surface area (Å²) in [4.78, 5) is 0. The number of methoxy groups -OCH3 is 1. The molecule has 0 spiro atoms. The summed E-state index contributed by atoms with van der Waals surface area (Å²) >= 11 is 0. The number of hydrogen-bond donors (Lipinski definition) is 1. The predicted molar refractivity (Wildman–Crippen MR) is 74.6 cm³/mol. The normalized spacial score (nSPS) is 24.9. The molecule has 0 bridgehead atoms. The van der Waals surface area contributed by atoms with E-state index in [0.717, 1.165) is 45.1 Å². The van der Waals surface area contributed by atoms with Gasteiger partial charge >= 0.3 is 0 Å². The van der Waals surface area contributed by atoms with E-state index in [9.17, 15) is 8.42 Å². The van der Waals surface area contributed by atoms with Crippen molar-refractivity contribution in [3.63, 3.8) is 0 Å². The summed E-state index contributed by atoms with van der Waals surface area (Å²) in [6.45, 7) is 3.70. The summed E-state index contributed by atoms with van der Waals surface area (Å²) in [5.74, 6) is 0.367. The van der Waals surface area contributed by atoms with E-state index in [-0.39, 0.29) is 11.3 Å². The molecule has 0 aromatic carbocycles. The van der Waals surface area contributed by atoms with Gasteiger partial charge in [0, 0.05) is 19.8 Å². The molecule has 1 aliphatic rings. The Bertz CT molecular complexity index is 316. The predicted octanol–water partition coefficient (Wildman–Crippen LogP) is 1.75. The average Bonchev–Trinajstić information content (AvgIpc) is 2.34. The van der Waals surface area contributed by atoms with Crippen molar-refractivity contribution in [1.82, 2.24) is 5.32 Å². The highest BCUT2D eigenvalue weighted by Gasteiger charge is 2.34. The van der Waals surface area contributed by atoms with Crippen LogP contribution in [0.4, 0.5) is 0 Å². The molecule has 1 N–H and O–H groups in total. The lowest BCUT2D eigenvalue weighted by molar-refractivity contribution is 0.188. The third-order valence-electron chi connectivity index (χ3n) is 3.60. The van der Waals surface area contributed by atoms with Crippen LogP contribution in [0.5, 0.6) is 0 Å². The van der Waals surface area contributed by atoms with Gasteiger partial charge in [0.15, 0.2) is 9.84 Å². The highest BCUT2D eigenvalue weighted by Crippen LogP contribution is 2.24. The second-order valence-electron chi connectivity index (χ2n) is 5.10. The minimum absolute atomic E-state index is 0.102. The van der Waals surface area contributed by atoms with Crippen LogP contribution >= 0.6 is 0 Å². The summed E-state index contributed by atoms with van der Waals surface area (Å²) in [5, 5.41) is 3.23. The zero-order chi connectivity index (χ0) is 13.4. The number of ether oxygens (including phenoxy) is 1. The van der Waals surface area contributed by atoms with Crippen LogP contribution in [0.2, 0.25) is 0 Å². The minimum Gasteiger partial charge on any atom is -0.385 e. The van der Waals surface area contributed by atoms with Crippen molar-refractivity contribution in [1.29, 1.82) is 0 Å². The van der Waals surface area contributed by atoms with Crippen LogP contribution in [0.25, 0.3) is 0 Å². The van der Waals surface area contributed by atoms with Gasteiger partial charge in [-0.15, -0.1) is 0 Å². The van der Waals surface area contributed by atoms with E-state index in [4.69, 9.17) is 4.74 Å². The van der Waals surface area contributed by atoms with Gasteiger partial charge in [0.2, 0.25) is 0 Å². The molecule has 1 heterocycles. The molecule has 0 amide bonds. The SMILES string of the molecule is CCCNC(CCCOC)C1CCCCS1(=O)=O. The summed E-state index contributed by atoms with van der Waals surface area (Å²) in [7, 11) is -1.21. The fourth-order valence-electron chi connectivity index (χ4n) is 2.63. The molecule has 2 atom stereocenters. The lowest BCUT2D eigenvalue weighted by Gasteiger charge is -2.31. The summed E-state index contributed by atoms with van der Waals surface area (Å²) in [6, 6.07) is 0.102. The molecule has 4 nitrogen and oxygen atoms in total. The van der Waals surface area contributed by atoms with Crippen molar-refractivity contribution in [2.45, 2.75) is 56.7 Å². The first kappa shape index (κ1) is 15.9. The van der Waals surface area contributed by atoms with E-state index in [0.29, 0.717) is 12.4 Å². The lowest BCUT2D eigenvalue weighted by atomic mass is 10.0. The molecule has 1 saturated heterocycles. The Kier molecular flexibility index (Phi) is 7.19. The van der Waals surface area contributed by atoms with Gasteiger partial charge < -0.3 is 10.1 Å². The van der Waals surface area contributed by atoms with Crippen LogP contribution < -0.4 is 5.32 Å². The molecule has 1 aliphatic heterocycles. The second kappa shape index (κ2) is 8.12. The number of hydrogen-bond acceptors (Lipinski definition) is 4. The molecule has 0 aromatic rings. The van der Waals surface area contributed by atoms with Gasteiger partial charge in [0.1, 0.15) is 0 Å². The zero-order valence-corrected chi connectivity index (χ0v) is 12.5. The van der Waals surface area contributed by atoms with Gasteiger partial charge in [-0.05, 0) is 38.6 Å². The van der Waals surface area contributed by atoms with Crippen LogP contribution in [0.15, 0.2) is 0 Å². The van der Waals surface area contributed by atoms with Gasteiger partial charge in [0.25, 0.3) is 0 Å². The molecule has 1 fully saturated rings. The Morgan fingerprint density at radius 2 is 2.17 bits per heavy atom. The van der Waals surface area contributed by atoms with Crippen LogP contribution in [-0.2, 0) is 14.6 Å². The van der Waals surface area contributed by atoms with E-state index in [1.54, 1.807) is 7.11 Å². The van der Waals surface area contributed by atoms with Crippen molar-refractivity contribution in [3.05, 3.63) is 0 Å². The number of rotatable bonds is 8. The quantitative estimate of drug-likeness (QED) is 0.687. The fraction of sp³-hybridized carbons (Fsp3) is 1.00. The molecule has 0 aromatic heterocycles. The van der Waals surface area contributed by atoms with Crippen LogP contribution in [0.1, 0.15) is 45.4 Å². The topological polar surface area (TPSA) is 55.4 Å². The third-order valence-corrected chi connectivity index (χ3v) is 5.94. The Labute approximate surface area is 111 Å². The Morgan fingerprint density at radius 3 is 2.78 bits per heavy atom. The molecular weight excluding hydrogens is 250 g/mol. The maximum absolute atomic E-state index is 12.1. The summed E-state index contributed by atoms with van der Waals surface area (Å²) in [5.41, 5.74) is 0. The minimum atomic E-state index is -2.89. The molecule has 5 heteroatoms. The lowest BCUT2D eigenvalue weighted by Crippen LogP contribution is -2.47. The van der Waals surface area contributed by atoms with E-state index in [1.165, 1.54) is 0 Å².